The van der Waals surface area contributed by atoms with Gasteiger partial charge in [0.2, 0.25) is 0 Å². The Bertz CT molecular complexity index is 598. The molecule has 0 spiro atoms. The summed E-state index contributed by atoms with van der Waals surface area (Å²) in [5.74, 6) is 0.414. The molecule has 0 aliphatic rings. The number of anilines is 1. The molecule has 6 heteroatoms. The minimum atomic E-state index is -0.154. The summed E-state index contributed by atoms with van der Waals surface area (Å²) in [6, 6.07) is 8.91. The number of methoxy groups -OCH3 is 1. The lowest BCUT2D eigenvalue weighted by Crippen LogP contribution is -2.22. The molecule has 0 fully saturated rings. The van der Waals surface area contributed by atoms with E-state index in [9.17, 15) is 4.79 Å². The Morgan fingerprint density at radius 3 is 2.79 bits per heavy atom. The number of rotatable bonds is 4. The van der Waals surface area contributed by atoms with Crippen LogP contribution in [0.3, 0.4) is 0 Å². The van der Waals surface area contributed by atoms with E-state index in [2.05, 4.69) is 21.2 Å². The second kappa shape index (κ2) is 6.08. The van der Waals surface area contributed by atoms with Gasteiger partial charge in [0.15, 0.2) is 0 Å². The molecule has 100 valence electrons. The predicted molar refractivity (Wildman–Crippen MR) is 80.6 cm³/mol. The highest BCUT2D eigenvalue weighted by molar-refractivity contribution is 9.11. The molecule has 0 radical (unpaired) electrons. The maximum Gasteiger partial charge on any atom is 0.251 e. The Morgan fingerprint density at radius 2 is 2.21 bits per heavy atom. The third-order valence-corrected chi connectivity index (χ3v) is 4.17. The van der Waals surface area contributed by atoms with Gasteiger partial charge in [-0.2, -0.15) is 0 Å². The normalized spacial score (nSPS) is 10.2. The van der Waals surface area contributed by atoms with E-state index < -0.39 is 0 Å². The van der Waals surface area contributed by atoms with Crippen LogP contribution >= 0.6 is 27.3 Å². The van der Waals surface area contributed by atoms with Crippen LogP contribution in [0.15, 0.2) is 34.1 Å². The zero-order valence-corrected chi connectivity index (χ0v) is 12.7. The van der Waals surface area contributed by atoms with Crippen molar-refractivity contribution in [3.8, 4) is 5.75 Å². The summed E-state index contributed by atoms with van der Waals surface area (Å²) in [6.45, 7) is 0.501. The Morgan fingerprint density at radius 1 is 1.42 bits per heavy atom. The van der Waals surface area contributed by atoms with Gasteiger partial charge in [-0.05, 0) is 46.3 Å². The first-order valence-corrected chi connectivity index (χ1v) is 7.17. The van der Waals surface area contributed by atoms with Crippen LogP contribution in [-0.4, -0.2) is 13.0 Å². The van der Waals surface area contributed by atoms with Gasteiger partial charge in [0, 0.05) is 10.4 Å². The minimum Gasteiger partial charge on any atom is -0.495 e. The van der Waals surface area contributed by atoms with Crippen molar-refractivity contribution >= 4 is 38.9 Å². The third kappa shape index (κ3) is 3.48. The second-order valence-corrected chi connectivity index (χ2v) is 6.39. The fourth-order valence-corrected chi connectivity index (χ4v) is 3.01. The van der Waals surface area contributed by atoms with Crippen molar-refractivity contribution in [2.45, 2.75) is 6.54 Å². The second-order valence-electron chi connectivity index (χ2n) is 3.85. The first-order valence-electron chi connectivity index (χ1n) is 5.56. The van der Waals surface area contributed by atoms with Gasteiger partial charge in [0.25, 0.3) is 5.91 Å². The van der Waals surface area contributed by atoms with E-state index in [1.54, 1.807) is 36.6 Å². The van der Waals surface area contributed by atoms with Crippen LogP contribution in [0.5, 0.6) is 5.75 Å². The molecule has 0 saturated carbocycles. The van der Waals surface area contributed by atoms with E-state index in [4.69, 9.17) is 10.5 Å². The van der Waals surface area contributed by atoms with Crippen molar-refractivity contribution in [1.29, 1.82) is 0 Å². The van der Waals surface area contributed by atoms with Crippen LogP contribution in [0, 0.1) is 0 Å². The van der Waals surface area contributed by atoms with Crippen molar-refractivity contribution in [2.24, 2.45) is 0 Å². The van der Waals surface area contributed by atoms with Gasteiger partial charge >= 0.3 is 0 Å². The lowest BCUT2D eigenvalue weighted by Gasteiger charge is -2.07. The summed E-state index contributed by atoms with van der Waals surface area (Å²) in [4.78, 5) is 13.0. The van der Waals surface area contributed by atoms with Gasteiger partial charge in [-0.15, -0.1) is 11.3 Å². The molecular formula is C13H13BrN2O2S. The average Bonchev–Trinajstić information content (AvgIpc) is 2.81. The highest BCUT2D eigenvalue weighted by atomic mass is 79.9. The summed E-state index contributed by atoms with van der Waals surface area (Å²) in [7, 11) is 1.54. The lowest BCUT2D eigenvalue weighted by atomic mass is 10.1. The molecular weight excluding hydrogens is 328 g/mol. The van der Waals surface area contributed by atoms with Crippen molar-refractivity contribution < 1.29 is 9.53 Å². The molecule has 2 rings (SSSR count). The molecule has 1 aromatic heterocycles. The molecule has 4 nitrogen and oxygen atoms in total. The number of ether oxygens (including phenoxy) is 1. The number of carbonyl (C=O) groups excluding carboxylic acids is 1. The molecule has 1 heterocycles. The van der Waals surface area contributed by atoms with E-state index in [-0.39, 0.29) is 5.91 Å². The van der Waals surface area contributed by atoms with Crippen LogP contribution in [0.2, 0.25) is 0 Å². The molecule has 0 unspecified atom stereocenters. The van der Waals surface area contributed by atoms with Gasteiger partial charge < -0.3 is 15.8 Å². The minimum absolute atomic E-state index is 0.154. The number of thiophene rings is 1. The molecule has 2 aromatic rings. The number of hydrogen-bond donors (Lipinski definition) is 2. The van der Waals surface area contributed by atoms with Gasteiger partial charge in [-0.25, -0.2) is 0 Å². The van der Waals surface area contributed by atoms with Crippen molar-refractivity contribution in [1.82, 2.24) is 5.32 Å². The first-order chi connectivity index (χ1) is 9.10. The molecule has 0 aliphatic carbocycles. The number of benzene rings is 1. The maximum atomic E-state index is 12.0. The first kappa shape index (κ1) is 13.9. The Labute approximate surface area is 123 Å². The summed E-state index contributed by atoms with van der Waals surface area (Å²) < 4.78 is 6.10. The number of nitrogens with two attached hydrogens (primary N) is 1. The van der Waals surface area contributed by atoms with E-state index in [0.717, 1.165) is 8.66 Å². The molecule has 0 aliphatic heterocycles. The van der Waals surface area contributed by atoms with E-state index in [1.165, 1.54) is 0 Å². The quantitative estimate of drug-likeness (QED) is 0.840. The smallest absolute Gasteiger partial charge is 0.251 e. The summed E-state index contributed by atoms with van der Waals surface area (Å²) >= 11 is 4.98. The van der Waals surface area contributed by atoms with E-state index in [1.807, 2.05) is 12.1 Å². The standard InChI is InChI=1S/C13H13BrN2O2S/c1-18-11-4-2-8(6-10(11)15)13(17)16-7-9-3-5-12(14)19-9/h2-6H,7,15H2,1H3,(H,16,17). The molecule has 3 N–H and O–H groups in total. The van der Waals surface area contributed by atoms with Crippen LogP contribution in [-0.2, 0) is 6.54 Å². The molecule has 1 aromatic carbocycles. The maximum absolute atomic E-state index is 12.0. The zero-order chi connectivity index (χ0) is 13.8. The molecule has 19 heavy (non-hydrogen) atoms. The number of nitrogens with one attached hydrogen (secondary N) is 1. The van der Waals surface area contributed by atoms with Crippen LogP contribution < -0.4 is 15.8 Å². The Balaban J connectivity index is 2.01. The lowest BCUT2D eigenvalue weighted by molar-refractivity contribution is 0.0951. The van der Waals surface area contributed by atoms with Gasteiger partial charge in [-0.1, -0.05) is 0 Å². The monoisotopic (exact) mass is 340 g/mol. The Kier molecular flexibility index (Phi) is 4.44. The van der Waals surface area contributed by atoms with E-state index in [0.29, 0.717) is 23.5 Å². The fourth-order valence-electron chi connectivity index (χ4n) is 1.59. The highest BCUT2D eigenvalue weighted by Crippen LogP contribution is 2.23. The van der Waals surface area contributed by atoms with Crippen LogP contribution in [0.4, 0.5) is 5.69 Å². The van der Waals surface area contributed by atoms with Crippen molar-refractivity contribution in [3.63, 3.8) is 0 Å². The van der Waals surface area contributed by atoms with Crippen molar-refractivity contribution in [3.05, 3.63) is 44.6 Å². The van der Waals surface area contributed by atoms with Crippen molar-refractivity contribution in [2.75, 3.05) is 12.8 Å². The largest absolute Gasteiger partial charge is 0.495 e. The number of hydrogen-bond acceptors (Lipinski definition) is 4. The number of carbonyl (C=O) groups is 1. The van der Waals surface area contributed by atoms with Crippen LogP contribution in [0.1, 0.15) is 15.2 Å². The number of halogens is 1. The average molecular weight is 341 g/mol. The molecule has 0 saturated heterocycles. The van der Waals surface area contributed by atoms with Crippen LogP contribution in [0.25, 0.3) is 0 Å². The highest BCUT2D eigenvalue weighted by Gasteiger charge is 2.08. The zero-order valence-electron chi connectivity index (χ0n) is 10.3. The number of nitrogen functional groups attached to an aromatic ring is 1. The van der Waals surface area contributed by atoms with E-state index >= 15 is 0 Å². The van der Waals surface area contributed by atoms with Gasteiger partial charge in [0.05, 0.1) is 23.1 Å². The fraction of sp³-hybridized carbons (Fsp3) is 0.154. The predicted octanol–water partition coefficient (Wildman–Crippen LogP) is 3.03. The molecule has 0 atom stereocenters. The van der Waals surface area contributed by atoms with Gasteiger partial charge in [-0.3, -0.25) is 4.79 Å². The van der Waals surface area contributed by atoms with Gasteiger partial charge in [0.1, 0.15) is 5.75 Å². The number of amides is 1. The summed E-state index contributed by atoms with van der Waals surface area (Å²) in [6.07, 6.45) is 0. The summed E-state index contributed by atoms with van der Waals surface area (Å²) in [5.41, 5.74) is 6.75. The topological polar surface area (TPSA) is 64.3 Å². The third-order valence-electron chi connectivity index (χ3n) is 2.54. The molecule has 1 amide bonds. The SMILES string of the molecule is COc1ccc(C(=O)NCc2ccc(Br)s2)cc1N. The Hall–Kier alpha value is -1.53. The molecule has 0 bridgehead atoms. The summed E-state index contributed by atoms with van der Waals surface area (Å²) in [5, 5.41) is 2.85.